The van der Waals surface area contributed by atoms with Crippen molar-refractivity contribution in [2.24, 2.45) is 0 Å². The summed E-state index contributed by atoms with van der Waals surface area (Å²) in [5.74, 6) is -1.20. The molecule has 0 saturated heterocycles. The quantitative estimate of drug-likeness (QED) is 0.768. The minimum atomic E-state index is -1.01. The Morgan fingerprint density at radius 2 is 1.88 bits per heavy atom. The first-order valence-corrected chi connectivity index (χ1v) is 7.47. The second-order valence-corrected chi connectivity index (χ2v) is 5.64. The van der Waals surface area contributed by atoms with Crippen molar-refractivity contribution < 1.29 is 14.7 Å². The van der Waals surface area contributed by atoms with E-state index < -0.39 is 5.97 Å². The third kappa shape index (κ3) is 3.10. The predicted octanol–water partition coefficient (Wildman–Crippen LogP) is 3.87. The summed E-state index contributed by atoms with van der Waals surface area (Å²) in [6.45, 7) is 3.39. The van der Waals surface area contributed by atoms with Gasteiger partial charge in [-0.2, -0.15) is 0 Å². The molecule has 0 aliphatic heterocycles. The Balaban J connectivity index is 2.23. The van der Waals surface area contributed by atoms with E-state index in [9.17, 15) is 14.7 Å². The third-order valence-corrected chi connectivity index (χ3v) is 3.67. The number of aromatic nitrogens is 1. The molecule has 0 atom stereocenters. The topological polar surface area (TPSA) is 79.3 Å². The van der Waals surface area contributed by atoms with E-state index in [2.05, 4.69) is 10.3 Å². The number of nitrogens with one attached hydrogen (secondary N) is 1. The van der Waals surface area contributed by atoms with Crippen LogP contribution in [-0.2, 0) is 4.79 Å². The van der Waals surface area contributed by atoms with Crippen molar-refractivity contribution in [1.82, 2.24) is 4.98 Å². The number of carboxylic acid groups (broad SMARTS) is 1. The van der Waals surface area contributed by atoms with Crippen LogP contribution in [0.2, 0.25) is 0 Å². The lowest BCUT2D eigenvalue weighted by Gasteiger charge is -2.09. The van der Waals surface area contributed by atoms with Gasteiger partial charge in [0.25, 0.3) is 0 Å². The summed E-state index contributed by atoms with van der Waals surface area (Å²) in [6, 6.07) is 14.3. The molecule has 3 aromatic rings. The number of hydrogen-bond acceptors (Lipinski definition) is 3. The highest BCUT2D eigenvalue weighted by molar-refractivity contribution is 6.05. The van der Waals surface area contributed by atoms with Crippen molar-refractivity contribution >= 4 is 28.5 Å². The number of nitrogens with zero attached hydrogens (tertiary/aromatic N) is 1. The highest BCUT2D eigenvalue weighted by atomic mass is 16.4. The van der Waals surface area contributed by atoms with Gasteiger partial charge in [-0.3, -0.25) is 4.79 Å². The van der Waals surface area contributed by atoms with Gasteiger partial charge in [0, 0.05) is 23.6 Å². The largest absolute Gasteiger partial charge is 0.478 e. The van der Waals surface area contributed by atoms with Crippen molar-refractivity contribution in [3.05, 3.63) is 59.7 Å². The molecular formula is C19H16N2O3. The number of aromatic carboxylic acids is 1. The molecule has 2 aromatic carbocycles. The molecule has 1 aromatic heterocycles. The van der Waals surface area contributed by atoms with Crippen LogP contribution in [0.25, 0.3) is 22.2 Å². The molecule has 0 bridgehead atoms. The number of hydrogen-bond donors (Lipinski definition) is 2. The smallest absolute Gasteiger partial charge is 0.336 e. The number of rotatable bonds is 3. The first-order valence-electron chi connectivity index (χ1n) is 7.47. The van der Waals surface area contributed by atoms with Crippen molar-refractivity contribution in [3.63, 3.8) is 0 Å². The molecule has 0 fully saturated rings. The van der Waals surface area contributed by atoms with Gasteiger partial charge in [-0.25, -0.2) is 9.78 Å². The van der Waals surface area contributed by atoms with Gasteiger partial charge in [0.15, 0.2) is 0 Å². The Morgan fingerprint density at radius 3 is 2.54 bits per heavy atom. The zero-order valence-electron chi connectivity index (χ0n) is 13.3. The summed E-state index contributed by atoms with van der Waals surface area (Å²) in [5.41, 5.74) is 3.80. The molecule has 120 valence electrons. The SMILES string of the molecule is CC(=O)Nc1ccc2c(C(=O)O)cc(-c3cccc(C)c3)nc2c1. The van der Waals surface area contributed by atoms with Crippen LogP contribution in [0, 0.1) is 6.92 Å². The van der Waals surface area contributed by atoms with Crippen LogP contribution in [0.4, 0.5) is 5.69 Å². The Hall–Kier alpha value is -3.21. The van der Waals surface area contributed by atoms with Crippen LogP contribution in [0.15, 0.2) is 48.5 Å². The van der Waals surface area contributed by atoms with Gasteiger partial charge in [0.1, 0.15) is 0 Å². The van der Waals surface area contributed by atoms with Crippen molar-refractivity contribution in [3.8, 4) is 11.3 Å². The normalized spacial score (nSPS) is 10.6. The maximum Gasteiger partial charge on any atom is 0.336 e. The van der Waals surface area contributed by atoms with E-state index in [1.165, 1.54) is 6.92 Å². The Morgan fingerprint density at radius 1 is 1.08 bits per heavy atom. The second kappa shape index (κ2) is 6.12. The predicted molar refractivity (Wildman–Crippen MR) is 93.2 cm³/mol. The number of amides is 1. The van der Waals surface area contributed by atoms with E-state index in [1.807, 2.05) is 31.2 Å². The molecule has 1 amide bonds. The van der Waals surface area contributed by atoms with Crippen LogP contribution in [0.5, 0.6) is 0 Å². The molecule has 0 spiro atoms. The van der Waals surface area contributed by atoms with Crippen molar-refractivity contribution in [2.75, 3.05) is 5.32 Å². The summed E-state index contributed by atoms with van der Waals surface area (Å²) < 4.78 is 0. The first kappa shape index (κ1) is 15.7. The number of pyridine rings is 1. The van der Waals surface area contributed by atoms with E-state index in [0.717, 1.165) is 11.1 Å². The average molecular weight is 320 g/mol. The fourth-order valence-corrected chi connectivity index (χ4v) is 2.64. The van der Waals surface area contributed by atoms with Gasteiger partial charge in [0.05, 0.1) is 16.8 Å². The van der Waals surface area contributed by atoms with Gasteiger partial charge in [-0.1, -0.05) is 23.8 Å². The van der Waals surface area contributed by atoms with Crippen LogP contribution in [-0.4, -0.2) is 22.0 Å². The molecule has 3 rings (SSSR count). The van der Waals surface area contributed by atoms with E-state index in [4.69, 9.17) is 0 Å². The first-order chi connectivity index (χ1) is 11.4. The maximum atomic E-state index is 11.6. The molecule has 1 heterocycles. The number of benzene rings is 2. The molecule has 24 heavy (non-hydrogen) atoms. The minimum Gasteiger partial charge on any atom is -0.478 e. The summed E-state index contributed by atoms with van der Waals surface area (Å²) in [6.07, 6.45) is 0. The highest BCUT2D eigenvalue weighted by Gasteiger charge is 2.13. The molecule has 2 N–H and O–H groups in total. The molecule has 0 aliphatic carbocycles. The van der Waals surface area contributed by atoms with E-state index >= 15 is 0 Å². The van der Waals surface area contributed by atoms with Crippen molar-refractivity contribution in [1.29, 1.82) is 0 Å². The Kier molecular flexibility index (Phi) is 4.00. The molecule has 0 saturated carbocycles. The molecule has 5 nitrogen and oxygen atoms in total. The standard InChI is InChI=1S/C19H16N2O3/c1-11-4-3-5-13(8-11)17-10-16(19(23)24)15-7-6-14(20-12(2)22)9-18(15)21-17/h3-10H,1-2H3,(H,20,22)(H,23,24). The lowest BCUT2D eigenvalue weighted by Crippen LogP contribution is -2.06. The summed E-state index contributed by atoms with van der Waals surface area (Å²) in [7, 11) is 0. The van der Waals surface area contributed by atoms with Crippen LogP contribution in [0.3, 0.4) is 0 Å². The highest BCUT2D eigenvalue weighted by Crippen LogP contribution is 2.27. The van der Waals surface area contributed by atoms with Gasteiger partial charge in [0.2, 0.25) is 5.91 Å². The number of carbonyl (C=O) groups excluding carboxylic acids is 1. The van der Waals surface area contributed by atoms with E-state index in [1.54, 1.807) is 24.3 Å². The van der Waals surface area contributed by atoms with Crippen LogP contribution >= 0.6 is 0 Å². The number of aryl methyl sites for hydroxylation is 1. The molecule has 5 heteroatoms. The summed E-state index contributed by atoms with van der Waals surface area (Å²) in [5, 5.41) is 12.7. The van der Waals surface area contributed by atoms with Gasteiger partial charge in [-0.05, 0) is 37.3 Å². The minimum absolute atomic E-state index is 0.186. The molecule has 0 radical (unpaired) electrons. The molecule has 0 aliphatic rings. The fraction of sp³-hybridized carbons (Fsp3) is 0.105. The van der Waals surface area contributed by atoms with E-state index in [-0.39, 0.29) is 11.5 Å². The zero-order chi connectivity index (χ0) is 17.3. The second-order valence-electron chi connectivity index (χ2n) is 5.64. The number of carbonyl (C=O) groups is 2. The average Bonchev–Trinajstić information content (AvgIpc) is 2.52. The van der Waals surface area contributed by atoms with Gasteiger partial charge in [-0.15, -0.1) is 0 Å². The van der Waals surface area contributed by atoms with Crippen LogP contribution < -0.4 is 5.32 Å². The monoisotopic (exact) mass is 320 g/mol. The number of fused-ring (bicyclic) bond motifs is 1. The summed E-state index contributed by atoms with van der Waals surface area (Å²) >= 11 is 0. The molecule has 0 unspecified atom stereocenters. The lowest BCUT2D eigenvalue weighted by molar-refractivity contribution is -0.114. The number of carboxylic acids is 1. The zero-order valence-corrected chi connectivity index (χ0v) is 13.3. The van der Waals surface area contributed by atoms with Crippen molar-refractivity contribution in [2.45, 2.75) is 13.8 Å². The Labute approximate surface area is 139 Å². The Bertz CT molecular complexity index is 964. The fourth-order valence-electron chi connectivity index (χ4n) is 2.64. The molecular weight excluding hydrogens is 304 g/mol. The van der Waals surface area contributed by atoms with Crippen LogP contribution in [0.1, 0.15) is 22.8 Å². The van der Waals surface area contributed by atoms with Gasteiger partial charge < -0.3 is 10.4 Å². The van der Waals surface area contributed by atoms with E-state index in [0.29, 0.717) is 22.3 Å². The number of anilines is 1. The lowest BCUT2D eigenvalue weighted by atomic mass is 10.0. The van der Waals surface area contributed by atoms with Gasteiger partial charge >= 0.3 is 5.97 Å². The summed E-state index contributed by atoms with van der Waals surface area (Å²) in [4.78, 5) is 27.4. The maximum absolute atomic E-state index is 11.6. The third-order valence-electron chi connectivity index (χ3n) is 3.67.